The third kappa shape index (κ3) is 38.9. The van der Waals surface area contributed by atoms with Crippen LogP contribution in [-0.4, -0.2) is 248 Å². The number of epoxide rings is 1. The fourth-order valence-electron chi connectivity index (χ4n) is 14.0. The maximum Gasteiger partial charge on any atom is 1.00 e. The van der Waals surface area contributed by atoms with E-state index >= 15 is 0 Å². The number of benzene rings is 7. The number of carbonyl (C=O) groups excluding carboxylic acids is 10. The molecule has 128 heavy (non-hydrogen) atoms. The van der Waals surface area contributed by atoms with Gasteiger partial charge in [0.2, 0.25) is 0 Å². The quantitative estimate of drug-likeness (QED) is 0.00384. The average Bonchev–Trinajstić information content (AvgIpc) is 1.64. The number of carbonyl (C=O) groups is 10. The number of nitrogens with one attached hydrogen (secondary N) is 2. The third-order valence-electron chi connectivity index (χ3n) is 21.0. The molecule has 7 aromatic carbocycles. The summed E-state index contributed by atoms with van der Waals surface area (Å²) in [5.41, 5.74) is 21.6. The zero-order chi connectivity index (χ0) is 88.5. The molecule has 15 rings (SSSR count). The number of ether oxygens (including phenoxy) is 1. The molecule has 0 spiro atoms. The van der Waals surface area contributed by atoms with E-state index in [1.807, 2.05) is 6.08 Å². The van der Waals surface area contributed by atoms with Gasteiger partial charge in [0.05, 0.1) is 69.4 Å². The Kier molecular flexibility index (Phi) is 67.5. The van der Waals surface area contributed by atoms with Gasteiger partial charge < -0.3 is 69.3 Å². The van der Waals surface area contributed by atoms with Crippen LogP contribution in [0.4, 0.5) is 17.1 Å². The first kappa shape index (κ1) is 126. The number of aliphatic hydroxyl groups is 2. The van der Waals surface area contributed by atoms with Crippen LogP contribution in [0.25, 0.3) is 0 Å². The van der Waals surface area contributed by atoms with Gasteiger partial charge in [0.1, 0.15) is 0 Å². The predicted molar refractivity (Wildman–Crippen MR) is 484 cm³/mol. The number of piperazine rings is 3. The molecule has 37 heteroatoms. The smallest absolute Gasteiger partial charge is 1.00 e. The Balaban J connectivity index is -0.000000715. The van der Waals surface area contributed by atoms with Crippen molar-refractivity contribution in [3.63, 3.8) is 0 Å². The molecule has 678 valence electrons. The van der Waals surface area contributed by atoms with E-state index in [0.717, 1.165) is 110 Å². The number of hydrogen-bond donors (Lipinski definition) is 7. The molecule has 7 aromatic rings. The molecule has 0 saturated carbocycles. The van der Waals surface area contributed by atoms with Crippen molar-refractivity contribution in [2.75, 3.05) is 144 Å². The number of allylic oxidation sites excluding steroid dienone is 1. The summed E-state index contributed by atoms with van der Waals surface area (Å²) in [6, 6.07) is 47.0. The van der Waals surface area contributed by atoms with E-state index in [-0.39, 0.29) is 313 Å². The molecule has 3 atom stereocenters. The second-order valence-electron chi connectivity index (χ2n) is 28.9. The van der Waals surface area contributed by atoms with Gasteiger partial charge in [-0.15, -0.1) is 25.6 Å². The fourth-order valence-corrected chi connectivity index (χ4v) is 14.3. The third-order valence-corrected chi connectivity index (χ3v) is 21.5. The van der Waals surface area contributed by atoms with Crippen LogP contribution in [0.5, 0.6) is 0 Å². The summed E-state index contributed by atoms with van der Waals surface area (Å²) in [6.07, 6.45) is 6.49. The van der Waals surface area contributed by atoms with Crippen molar-refractivity contribution >= 4 is 106 Å². The minimum Gasteiger partial charge on any atom is -1.00 e. The number of rotatable bonds is 22. The number of anilines is 3. The Morgan fingerprint density at radius 3 is 1.05 bits per heavy atom. The molecule has 0 aromatic heterocycles. The summed E-state index contributed by atoms with van der Waals surface area (Å²) in [6.45, 7) is 35.7. The number of hydrazine groups is 1. The Bertz CT molecular complexity index is 4490. The molecule has 8 aliphatic rings. The van der Waals surface area contributed by atoms with E-state index in [0.29, 0.717) is 89.9 Å². The van der Waals surface area contributed by atoms with Gasteiger partial charge in [-0.05, 0) is 180 Å². The van der Waals surface area contributed by atoms with Crippen LogP contribution in [-0.2, 0) is 24.1 Å². The maximum atomic E-state index is 12.4. The monoisotopic (exact) mass is 1960 g/mol. The first-order valence-corrected chi connectivity index (χ1v) is 41.2. The van der Waals surface area contributed by atoms with Gasteiger partial charge in [0.15, 0.2) is 0 Å². The van der Waals surface area contributed by atoms with E-state index in [1.165, 1.54) is 65.1 Å². The predicted octanol–water partition coefficient (Wildman–Crippen LogP) is -5.06. The number of β-amino-alcohol motifs (C(OH)–C–C–N with tert-alkyl or cyclic N) is 2. The summed E-state index contributed by atoms with van der Waals surface area (Å²) >= 11 is 3.24. The fraction of sp³-hybridized carbons (Fsp3) is 0.385. The molecule has 0 radical (unpaired) electrons. The zero-order valence-corrected chi connectivity index (χ0v) is 89.6. The van der Waals surface area contributed by atoms with Crippen molar-refractivity contribution in [2.24, 2.45) is 17.4 Å². The minimum atomic E-state index is -0.568. The maximum absolute atomic E-state index is 12.4. The van der Waals surface area contributed by atoms with Crippen molar-refractivity contribution in [3.8, 4) is 0 Å². The molecule has 0 bridgehead atoms. The van der Waals surface area contributed by atoms with Crippen molar-refractivity contribution in [3.05, 3.63) is 255 Å². The Hall–Kier alpha value is -4.24. The Labute approximate surface area is 940 Å². The number of amides is 8. The molecule has 4 saturated heterocycles. The number of alkyl halides is 1. The number of nitrogens with two attached hydrogens (primary N) is 3. The van der Waals surface area contributed by atoms with Crippen molar-refractivity contribution in [1.29, 1.82) is 0 Å². The van der Waals surface area contributed by atoms with E-state index in [1.54, 1.807) is 103 Å². The number of aryl methyl sites for hydroxylation is 3. The molecule has 12 N–H and O–H groups in total. The Morgan fingerprint density at radius 1 is 0.477 bits per heavy atom. The van der Waals surface area contributed by atoms with Crippen molar-refractivity contribution in [1.82, 2.24) is 35.1 Å². The van der Waals surface area contributed by atoms with Crippen LogP contribution in [0, 0.1) is 41.5 Å². The Morgan fingerprint density at radius 2 is 0.766 bits per heavy atom. The van der Waals surface area contributed by atoms with Gasteiger partial charge in [-0.25, -0.2) is 0 Å². The topological polar surface area (TPSA) is 448 Å². The number of hydrogen-bond acceptors (Lipinski definition) is 26. The molecule has 8 amide bonds. The normalized spacial score (nSPS) is 15.4. The molecule has 3 unspecified atom stereocenters. The minimum absolute atomic E-state index is 0. The van der Waals surface area contributed by atoms with E-state index in [9.17, 15) is 48.6 Å². The molecule has 8 aliphatic heterocycles. The first-order valence-electron chi connectivity index (χ1n) is 40.0. The van der Waals surface area contributed by atoms with E-state index in [4.69, 9.17) is 30.6 Å². The SMILES string of the molecule is C.C=CCCBr.C=CCCN1C(=O)c2ccccc2C1=O.Cc1cccc(N2CCN(CC(O)CCN)CC2)c1C.Cc1cccc(N2CCN(CC(O)CCN3C(=O)c4ccccc4C3=O)CC2)c1C.Cc1cccc(N2CCNCC2)c1C.Cl.NN.O.O=C1NC(=O)c2ccccc21.O=C1c2ccccc2C(=O)N1CCC1CO1.O=CO[O-].O=CO[O-].[H-].[H-].[K+].[K+].[K+].[K+]. The van der Waals surface area contributed by atoms with Gasteiger partial charge in [-0.3, -0.25) is 89.4 Å². The second-order valence-corrected chi connectivity index (χ2v) is 29.7. The largest absolute Gasteiger partial charge is 1.00 e. The molecule has 4 fully saturated rings. The second kappa shape index (κ2) is 68.7. The van der Waals surface area contributed by atoms with Crippen LogP contribution < -0.4 is 259 Å². The summed E-state index contributed by atoms with van der Waals surface area (Å²) in [4.78, 5) is 132. The van der Waals surface area contributed by atoms with Gasteiger partial charge >= 0.3 is 206 Å². The number of imide groups is 4. The van der Waals surface area contributed by atoms with Crippen LogP contribution in [0.2, 0.25) is 0 Å². The number of aliphatic hydroxyl groups excluding tert-OH is 2. The molecule has 0 aliphatic carbocycles. The average molecular weight is 1960 g/mol. The molecular formula is C91H123BrClK4N13O18. The number of halogens is 2. The van der Waals surface area contributed by atoms with Crippen LogP contribution in [0.15, 0.2) is 177 Å². The van der Waals surface area contributed by atoms with E-state index in [2.05, 4.69) is 182 Å². The molecule has 31 nitrogen and oxygen atoms in total. The summed E-state index contributed by atoms with van der Waals surface area (Å²) in [5, 5.41) is 43.8. The summed E-state index contributed by atoms with van der Waals surface area (Å²) in [5.74, 6) is 6.13. The number of fused-ring (bicyclic) bond motifs is 4. The van der Waals surface area contributed by atoms with Crippen molar-refractivity contribution in [2.45, 2.75) is 99.4 Å². The van der Waals surface area contributed by atoms with Crippen molar-refractivity contribution < 1.29 is 297 Å². The van der Waals surface area contributed by atoms with Crippen LogP contribution in [0.1, 0.15) is 159 Å². The van der Waals surface area contributed by atoms with Crippen LogP contribution in [0.3, 0.4) is 0 Å². The first-order chi connectivity index (χ1) is 58.4. The van der Waals surface area contributed by atoms with Gasteiger partial charge in [0, 0.05) is 134 Å². The standard InChI is InChI=1S/C24H29N3O3.C16H27N3O.C12H18N2.C12H11NO3.C12H11NO2.C8H5NO2.C4H7Br.2CH2O3.CH4.ClH.4K.H4N2.H2O.2H/c1-17-6-5-9-22(18(17)2)26-14-12-25(13-15-26)16-19(28)10-11-27-23(29)20-7-3-4-8-21(20)24(27)30;1-13-4-3-5-16(14(13)2)19-10-8-18(9-11-19)12-15(20)6-7-17;1-10-4-3-5-12(11(10)2)14-8-6-13-7-9-14;14-11-9-3-1-2-4-10(9)12(15)13(11)6-5-8-7-16-8;1-2-3-8-13-11(14)9-6-4-5-7-10(9)12(13)15;10-7-5-3-1-2-4-6(5)8(11)9-7;1-2-3-4-5;2*2-1-4-3;;;;;;;1-2;;;/h3-9,19,28H,10-16H2,1-2H3;3-5,15,20H,6-12,17H2,1-2H3;3-5,13H,6-9H2,1-2H3;1-4,8H,5-7H2;2,4-7H,1,3,8H2;1-4H,(H,9,10,11);2H,1,3-4H2;2*1,3H;1H4;1H;;;;;1-2H2;1H2;;/q;;;;;;;;;;;4*+1;;;2*-1/p-2. The van der Waals surface area contributed by atoms with Gasteiger partial charge in [-0.1, -0.05) is 120 Å². The van der Waals surface area contributed by atoms with Gasteiger partial charge in [0.25, 0.3) is 60.2 Å². The molecular weight excluding hydrogens is 1830 g/mol. The summed E-state index contributed by atoms with van der Waals surface area (Å²) in [7, 11) is 0. The van der Waals surface area contributed by atoms with E-state index < -0.39 is 6.10 Å². The number of nitrogens with zero attached hydrogens (tertiary/aromatic N) is 8. The summed E-state index contributed by atoms with van der Waals surface area (Å²) < 4.78 is 5.07. The van der Waals surface area contributed by atoms with Crippen LogP contribution >= 0.6 is 28.3 Å². The molecule has 8 heterocycles. The van der Waals surface area contributed by atoms with Gasteiger partial charge in [-0.2, -0.15) is 0 Å². The zero-order valence-electron chi connectivity index (χ0n) is 76.7.